The second-order valence-electron chi connectivity index (χ2n) is 4.63. The van der Waals surface area contributed by atoms with E-state index in [9.17, 15) is 14.0 Å². The number of pyridine rings is 1. The molecule has 0 radical (unpaired) electrons. The summed E-state index contributed by atoms with van der Waals surface area (Å²) in [7, 11) is 0. The van der Waals surface area contributed by atoms with Crippen molar-refractivity contribution in [3.8, 4) is 0 Å². The Labute approximate surface area is 124 Å². The van der Waals surface area contributed by atoms with Crippen molar-refractivity contribution in [3.63, 3.8) is 0 Å². The molecule has 2 heterocycles. The third kappa shape index (κ3) is 2.83. The molecule has 0 atom stereocenters. The molecule has 3 aromatic rings. The van der Waals surface area contributed by atoms with Gasteiger partial charge in [-0.2, -0.15) is 0 Å². The van der Waals surface area contributed by atoms with Gasteiger partial charge in [0.1, 0.15) is 12.4 Å². The Morgan fingerprint density at radius 3 is 3.00 bits per heavy atom. The Balaban J connectivity index is 1.82. The summed E-state index contributed by atoms with van der Waals surface area (Å²) in [4.78, 5) is 32.1. The number of nitrogens with one attached hydrogen (secondary N) is 1. The first-order valence-electron chi connectivity index (χ1n) is 6.48. The Kier molecular flexibility index (Phi) is 3.61. The molecule has 0 spiro atoms. The van der Waals surface area contributed by atoms with Crippen molar-refractivity contribution in [1.82, 2.24) is 14.5 Å². The summed E-state index contributed by atoms with van der Waals surface area (Å²) in [6.07, 6.45) is 4.26. The molecule has 0 aliphatic rings. The molecule has 1 N–H and O–H groups in total. The van der Waals surface area contributed by atoms with Gasteiger partial charge in [-0.15, -0.1) is 0 Å². The van der Waals surface area contributed by atoms with Gasteiger partial charge in [-0.25, -0.2) is 9.37 Å². The maximum absolute atomic E-state index is 13.1. The fourth-order valence-corrected chi connectivity index (χ4v) is 2.04. The lowest BCUT2D eigenvalue weighted by Crippen LogP contribution is -2.27. The largest absolute Gasteiger partial charge is 0.324 e. The molecule has 22 heavy (non-hydrogen) atoms. The summed E-state index contributed by atoms with van der Waals surface area (Å²) in [6, 6.07) is 7.08. The van der Waals surface area contributed by atoms with Crippen LogP contribution < -0.4 is 10.9 Å². The first-order chi connectivity index (χ1) is 10.6. The van der Waals surface area contributed by atoms with Crippen LogP contribution in [0.3, 0.4) is 0 Å². The van der Waals surface area contributed by atoms with Gasteiger partial charge in [0, 0.05) is 11.9 Å². The molecule has 0 fully saturated rings. The van der Waals surface area contributed by atoms with Crippen molar-refractivity contribution in [2.24, 2.45) is 0 Å². The van der Waals surface area contributed by atoms with Crippen molar-refractivity contribution in [3.05, 3.63) is 65.2 Å². The third-order valence-electron chi connectivity index (χ3n) is 3.05. The highest BCUT2D eigenvalue weighted by molar-refractivity contribution is 5.90. The molecule has 2 aromatic heterocycles. The Morgan fingerprint density at radius 2 is 2.18 bits per heavy atom. The zero-order valence-corrected chi connectivity index (χ0v) is 11.4. The van der Waals surface area contributed by atoms with Crippen molar-refractivity contribution < 1.29 is 9.18 Å². The summed E-state index contributed by atoms with van der Waals surface area (Å²) >= 11 is 0. The number of carbonyl (C=O) groups is 1. The highest BCUT2D eigenvalue weighted by atomic mass is 19.1. The molecule has 0 aliphatic heterocycles. The molecule has 0 aliphatic carbocycles. The van der Waals surface area contributed by atoms with E-state index in [-0.39, 0.29) is 12.1 Å². The minimum atomic E-state index is -0.449. The highest BCUT2D eigenvalue weighted by Crippen LogP contribution is 2.09. The van der Waals surface area contributed by atoms with Crippen LogP contribution in [-0.4, -0.2) is 20.4 Å². The van der Waals surface area contributed by atoms with E-state index >= 15 is 0 Å². The normalized spacial score (nSPS) is 10.6. The van der Waals surface area contributed by atoms with E-state index in [4.69, 9.17) is 0 Å². The van der Waals surface area contributed by atoms with Crippen LogP contribution in [0.4, 0.5) is 10.1 Å². The second-order valence-corrected chi connectivity index (χ2v) is 4.63. The predicted octanol–water partition coefficient (Wildman–Crippen LogP) is 1.57. The van der Waals surface area contributed by atoms with Crippen LogP contribution in [0.5, 0.6) is 0 Å². The fourth-order valence-electron chi connectivity index (χ4n) is 2.04. The molecular weight excluding hydrogens is 287 g/mol. The van der Waals surface area contributed by atoms with Gasteiger partial charge < -0.3 is 5.32 Å². The number of hydrogen-bond acceptors (Lipinski definition) is 4. The number of rotatable bonds is 3. The molecular formula is C15H11FN4O2. The van der Waals surface area contributed by atoms with E-state index in [0.29, 0.717) is 16.6 Å². The fraction of sp³-hybridized carbons (Fsp3) is 0.0667. The van der Waals surface area contributed by atoms with Crippen molar-refractivity contribution >= 4 is 22.5 Å². The van der Waals surface area contributed by atoms with Crippen LogP contribution in [0.15, 0.2) is 53.8 Å². The van der Waals surface area contributed by atoms with Gasteiger partial charge in [0.05, 0.1) is 23.4 Å². The topological polar surface area (TPSA) is 76.9 Å². The highest BCUT2D eigenvalue weighted by Gasteiger charge is 2.08. The van der Waals surface area contributed by atoms with E-state index in [0.717, 1.165) is 0 Å². The standard InChI is InChI=1S/C15H11FN4O2/c16-10-2-1-3-11(6-10)19-14(21)8-20-9-18-13-7-17-5-4-12(13)15(20)22/h1-7,9H,8H2,(H,19,21). The van der Waals surface area contributed by atoms with Crippen molar-refractivity contribution in [2.75, 3.05) is 5.32 Å². The van der Waals surface area contributed by atoms with Gasteiger partial charge in [-0.1, -0.05) is 6.07 Å². The number of benzene rings is 1. The number of aromatic nitrogens is 3. The first kappa shape index (κ1) is 13.9. The molecule has 0 unspecified atom stereocenters. The predicted molar refractivity (Wildman–Crippen MR) is 78.8 cm³/mol. The molecule has 3 rings (SSSR count). The molecule has 0 saturated heterocycles. The average Bonchev–Trinajstić information content (AvgIpc) is 2.50. The molecule has 0 bridgehead atoms. The Bertz CT molecular complexity index is 907. The van der Waals surface area contributed by atoms with Crippen LogP contribution in [0.25, 0.3) is 10.9 Å². The minimum absolute atomic E-state index is 0.208. The maximum atomic E-state index is 13.1. The number of fused-ring (bicyclic) bond motifs is 1. The minimum Gasteiger partial charge on any atom is -0.324 e. The first-order valence-corrected chi connectivity index (χ1v) is 6.48. The molecule has 1 aromatic carbocycles. The van der Waals surface area contributed by atoms with Crippen LogP contribution in [0.2, 0.25) is 0 Å². The maximum Gasteiger partial charge on any atom is 0.261 e. The van der Waals surface area contributed by atoms with Gasteiger partial charge in [0.2, 0.25) is 5.91 Å². The quantitative estimate of drug-likeness (QED) is 0.796. The average molecular weight is 298 g/mol. The van der Waals surface area contributed by atoms with Crippen LogP contribution in [-0.2, 0) is 11.3 Å². The van der Waals surface area contributed by atoms with E-state index in [1.165, 1.54) is 41.5 Å². The van der Waals surface area contributed by atoms with Gasteiger partial charge in [-0.05, 0) is 24.3 Å². The number of amides is 1. The smallest absolute Gasteiger partial charge is 0.261 e. The lowest BCUT2D eigenvalue weighted by Gasteiger charge is -2.08. The third-order valence-corrected chi connectivity index (χ3v) is 3.05. The van der Waals surface area contributed by atoms with Crippen molar-refractivity contribution in [2.45, 2.75) is 6.54 Å². The molecule has 6 nitrogen and oxygen atoms in total. The summed E-state index contributed by atoms with van der Waals surface area (Å²) < 4.78 is 14.3. The van der Waals surface area contributed by atoms with E-state index in [2.05, 4.69) is 15.3 Å². The van der Waals surface area contributed by atoms with E-state index in [1.807, 2.05) is 0 Å². The zero-order chi connectivity index (χ0) is 15.5. The Hall–Kier alpha value is -3.09. The lowest BCUT2D eigenvalue weighted by atomic mass is 10.3. The monoisotopic (exact) mass is 298 g/mol. The number of hydrogen-bond donors (Lipinski definition) is 1. The number of anilines is 1. The van der Waals surface area contributed by atoms with Gasteiger partial charge in [-0.3, -0.25) is 19.1 Å². The summed E-state index contributed by atoms with van der Waals surface area (Å²) in [5.74, 6) is -0.891. The van der Waals surface area contributed by atoms with Crippen molar-refractivity contribution in [1.29, 1.82) is 0 Å². The van der Waals surface area contributed by atoms with Crippen LogP contribution >= 0.6 is 0 Å². The van der Waals surface area contributed by atoms with Gasteiger partial charge >= 0.3 is 0 Å². The number of nitrogens with zero attached hydrogens (tertiary/aromatic N) is 3. The zero-order valence-electron chi connectivity index (χ0n) is 11.4. The summed E-state index contributed by atoms with van der Waals surface area (Å²) in [6.45, 7) is -0.208. The number of carbonyl (C=O) groups excluding carboxylic acids is 1. The molecule has 7 heteroatoms. The van der Waals surface area contributed by atoms with E-state index < -0.39 is 11.7 Å². The van der Waals surface area contributed by atoms with Crippen LogP contribution in [0, 0.1) is 5.82 Å². The molecule has 110 valence electrons. The van der Waals surface area contributed by atoms with Gasteiger partial charge in [0.15, 0.2) is 0 Å². The van der Waals surface area contributed by atoms with Gasteiger partial charge in [0.25, 0.3) is 5.56 Å². The second kappa shape index (κ2) is 5.72. The summed E-state index contributed by atoms with van der Waals surface area (Å²) in [5.41, 5.74) is 0.465. The lowest BCUT2D eigenvalue weighted by molar-refractivity contribution is -0.116. The van der Waals surface area contributed by atoms with Crippen LogP contribution in [0.1, 0.15) is 0 Å². The SMILES string of the molecule is O=C(Cn1cnc2cnccc2c1=O)Nc1cccc(F)c1. The Morgan fingerprint density at radius 1 is 1.32 bits per heavy atom. The summed E-state index contributed by atoms with van der Waals surface area (Å²) in [5, 5.41) is 2.91. The number of halogens is 1. The molecule has 0 saturated carbocycles. The molecule has 1 amide bonds. The van der Waals surface area contributed by atoms with E-state index in [1.54, 1.807) is 12.1 Å².